The number of amidine groups is 1. The van der Waals surface area contributed by atoms with Crippen molar-refractivity contribution < 1.29 is 0 Å². The molecule has 3 heteroatoms. The quantitative estimate of drug-likeness (QED) is 0.634. The molecule has 2 nitrogen and oxygen atoms in total. The molecule has 0 aromatic heterocycles. The van der Waals surface area contributed by atoms with Crippen molar-refractivity contribution >= 4 is 17.4 Å². The van der Waals surface area contributed by atoms with Crippen LogP contribution in [0.4, 0.5) is 0 Å². The van der Waals surface area contributed by atoms with Crippen LogP contribution in [0, 0.1) is 0 Å². The molecule has 0 radical (unpaired) electrons. The molecule has 1 aliphatic rings. The van der Waals surface area contributed by atoms with Crippen LogP contribution in [0.25, 0.3) is 0 Å². The summed E-state index contributed by atoms with van der Waals surface area (Å²) in [7, 11) is 0. The van der Waals surface area contributed by atoms with E-state index in [1.807, 2.05) is 18.2 Å². The zero-order valence-corrected chi connectivity index (χ0v) is 14.6. The normalized spacial score (nSPS) is 15.1. The minimum atomic E-state index is 0.125. The Morgan fingerprint density at radius 3 is 2.04 bits per heavy atom. The van der Waals surface area contributed by atoms with Crippen LogP contribution in [0.15, 0.2) is 89.9 Å². The molecule has 0 N–H and O–H groups in total. The fourth-order valence-corrected chi connectivity index (χ4v) is 3.51. The number of halogens is 1. The zero-order chi connectivity index (χ0) is 17.1. The lowest BCUT2D eigenvalue weighted by Crippen LogP contribution is -2.33. The SMILES string of the molecule is Clc1ccc(C(c2ccccc2)N2CCN=C2c2ccccc2)cc1. The Hall–Kier alpha value is -2.58. The molecule has 1 unspecified atom stereocenters. The highest BCUT2D eigenvalue weighted by Crippen LogP contribution is 2.32. The van der Waals surface area contributed by atoms with Crippen LogP contribution in [0.1, 0.15) is 22.7 Å². The maximum atomic E-state index is 6.11. The zero-order valence-electron chi connectivity index (χ0n) is 13.8. The summed E-state index contributed by atoms with van der Waals surface area (Å²) >= 11 is 6.11. The van der Waals surface area contributed by atoms with Crippen molar-refractivity contribution in [2.24, 2.45) is 4.99 Å². The highest BCUT2D eigenvalue weighted by Gasteiger charge is 2.28. The summed E-state index contributed by atoms with van der Waals surface area (Å²) in [5, 5.41) is 0.758. The van der Waals surface area contributed by atoms with E-state index < -0.39 is 0 Å². The first-order valence-electron chi connectivity index (χ1n) is 8.50. The number of rotatable bonds is 4. The lowest BCUT2D eigenvalue weighted by Gasteiger charge is -2.32. The monoisotopic (exact) mass is 346 g/mol. The van der Waals surface area contributed by atoms with Gasteiger partial charge in [0.1, 0.15) is 5.84 Å². The van der Waals surface area contributed by atoms with Gasteiger partial charge in [-0.3, -0.25) is 4.99 Å². The van der Waals surface area contributed by atoms with E-state index in [9.17, 15) is 0 Å². The van der Waals surface area contributed by atoms with E-state index in [1.54, 1.807) is 0 Å². The molecule has 1 heterocycles. The van der Waals surface area contributed by atoms with Crippen LogP contribution in [0.2, 0.25) is 5.02 Å². The average Bonchev–Trinajstić information content (AvgIpc) is 3.14. The average molecular weight is 347 g/mol. The van der Waals surface area contributed by atoms with E-state index in [0.717, 1.165) is 29.5 Å². The van der Waals surface area contributed by atoms with Crippen molar-refractivity contribution in [3.63, 3.8) is 0 Å². The molecular formula is C22H19ClN2. The van der Waals surface area contributed by atoms with Crippen LogP contribution in [-0.2, 0) is 0 Å². The summed E-state index contributed by atoms with van der Waals surface area (Å²) in [6.45, 7) is 1.73. The lowest BCUT2D eigenvalue weighted by atomic mass is 9.96. The van der Waals surface area contributed by atoms with E-state index in [1.165, 1.54) is 11.1 Å². The minimum absolute atomic E-state index is 0.125. The molecule has 124 valence electrons. The van der Waals surface area contributed by atoms with Gasteiger partial charge in [0.2, 0.25) is 0 Å². The standard InChI is InChI=1S/C22H19ClN2/c23-20-13-11-18(12-14-20)21(17-7-3-1-4-8-17)25-16-15-24-22(25)19-9-5-2-6-10-19/h1-14,21H,15-16H2. The number of hydrogen-bond donors (Lipinski definition) is 0. The predicted octanol–water partition coefficient (Wildman–Crippen LogP) is 5.19. The smallest absolute Gasteiger partial charge is 0.131 e. The van der Waals surface area contributed by atoms with Gasteiger partial charge in [0.15, 0.2) is 0 Å². The second-order valence-electron chi connectivity index (χ2n) is 6.13. The van der Waals surface area contributed by atoms with E-state index in [4.69, 9.17) is 16.6 Å². The van der Waals surface area contributed by atoms with E-state index in [-0.39, 0.29) is 6.04 Å². The molecule has 3 aromatic rings. The molecular weight excluding hydrogens is 328 g/mol. The third-order valence-corrected chi connectivity index (χ3v) is 4.77. The van der Waals surface area contributed by atoms with Crippen molar-refractivity contribution in [3.05, 3.63) is 107 Å². The number of hydrogen-bond acceptors (Lipinski definition) is 2. The molecule has 0 spiro atoms. The van der Waals surface area contributed by atoms with Crippen LogP contribution in [0.3, 0.4) is 0 Å². The second-order valence-corrected chi connectivity index (χ2v) is 6.57. The van der Waals surface area contributed by atoms with Crippen molar-refractivity contribution in [2.45, 2.75) is 6.04 Å². The van der Waals surface area contributed by atoms with Crippen molar-refractivity contribution in [1.82, 2.24) is 4.90 Å². The third-order valence-electron chi connectivity index (χ3n) is 4.52. The van der Waals surface area contributed by atoms with Crippen molar-refractivity contribution in [3.8, 4) is 0 Å². The molecule has 0 saturated heterocycles. The van der Waals surface area contributed by atoms with Gasteiger partial charge < -0.3 is 4.90 Å². The Balaban J connectivity index is 1.78. The Kier molecular flexibility index (Phi) is 4.53. The predicted molar refractivity (Wildman–Crippen MR) is 104 cm³/mol. The largest absolute Gasteiger partial charge is 0.343 e. The lowest BCUT2D eigenvalue weighted by molar-refractivity contribution is 0.389. The summed E-state index contributed by atoms with van der Waals surface area (Å²) in [5.41, 5.74) is 3.64. The second kappa shape index (κ2) is 7.12. The van der Waals surface area contributed by atoms with Gasteiger partial charge in [-0.2, -0.15) is 0 Å². The fourth-order valence-electron chi connectivity index (χ4n) is 3.39. The Labute approximate surface area is 153 Å². The summed E-state index contributed by atoms with van der Waals surface area (Å²) in [4.78, 5) is 7.19. The van der Waals surface area contributed by atoms with Crippen molar-refractivity contribution in [1.29, 1.82) is 0 Å². The van der Waals surface area contributed by atoms with E-state index in [0.29, 0.717) is 0 Å². The van der Waals surface area contributed by atoms with Gasteiger partial charge >= 0.3 is 0 Å². The van der Waals surface area contributed by atoms with Crippen molar-refractivity contribution in [2.75, 3.05) is 13.1 Å². The first kappa shape index (κ1) is 15.9. The third kappa shape index (κ3) is 3.31. The molecule has 1 aliphatic heterocycles. The minimum Gasteiger partial charge on any atom is -0.343 e. The topological polar surface area (TPSA) is 15.6 Å². The molecule has 0 saturated carbocycles. The van der Waals surface area contributed by atoms with Crippen LogP contribution >= 0.6 is 11.6 Å². The van der Waals surface area contributed by atoms with Gasteiger partial charge in [0, 0.05) is 17.1 Å². The summed E-state index contributed by atoms with van der Waals surface area (Å²) in [5.74, 6) is 1.06. The van der Waals surface area contributed by atoms with Crippen LogP contribution in [0.5, 0.6) is 0 Å². The maximum Gasteiger partial charge on any atom is 0.131 e. The molecule has 0 amide bonds. The molecule has 4 rings (SSSR count). The Morgan fingerprint density at radius 1 is 0.760 bits per heavy atom. The van der Waals surface area contributed by atoms with Gasteiger partial charge in [-0.1, -0.05) is 84.4 Å². The summed E-state index contributed by atoms with van der Waals surface area (Å²) in [6, 6.07) is 29.3. The van der Waals surface area contributed by atoms with Gasteiger partial charge in [0.25, 0.3) is 0 Å². The first-order chi connectivity index (χ1) is 12.3. The highest BCUT2D eigenvalue weighted by molar-refractivity contribution is 6.30. The van der Waals surface area contributed by atoms with Gasteiger partial charge in [-0.25, -0.2) is 0 Å². The Bertz CT molecular complexity index is 858. The fraction of sp³-hybridized carbons (Fsp3) is 0.136. The molecule has 0 fully saturated rings. The van der Waals surface area contributed by atoms with Crippen LogP contribution in [-0.4, -0.2) is 23.8 Å². The van der Waals surface area contributed by atoms with Gasteiger partial charge in [-0.05, 0) is 23.3 Å². The van der Waals surface area contributed by atoms with Gasteiger partial charge in [-0.15, -0.1) is 0 Å². The molecule has 1 atom stereocenters. The van der Waals surface area contributed by atoms with Gasteiger partial charge in [0.05, 0.1) is 12.6 Å². The van der Waals surface area contributed by atoms with E-state index >= 15 is 0 Å². The number of aliphatic imine (C=N–C) groups is 1. The first-order valence-corrected chi connectivity index (χ1v) is 8.87. The number of nitrogens with zero attached hydrogens (tertiary/aromatic N) is 2. The number of benzene rings is 3. The molecule has 0 aliphatic carbocycles. The Morgan fingerprint density at radius 2 is 1.36 bits per heavy atom. The summed E-state index contributed by atoms with van der Waals surface area (Å²) < 4.78 is 0. The molecule has 0 bridgehead atoms. The van der Waals surface area contributed by atoms with Crippen LogP contribution < -0.4 is 0 Å². The highest BCUT2D eigenvalue weighted by atomic mass is 35.5. The summed E-state index contributed by atoms with van der Waals surface area (Å²) in [6.07, 6.45) is 0. The molecule has 25 heavy (non-hydrogen) atoms. The molecule has 3 aromatic carbocycles. The maximum absolute atomic E-state index is 6.11. The van der Waals surface area contributed by atoms with E-state index in [2.05, 4.69) is 71.6 Å².